The largest absolute Gasteiger partial charge is 0.450 e. The van der Waals surface area contributed by atoms with E-state index in [0.29, 0.717) is 0 Å². The maximum absolute atomic E-state index is 5.36. The molecule has 0 N–H and O–H groups in total. The van der Waals surface area contributed by atoms with E-state index in [9.17, 15) is 0 Å². The minimum atomic E-state index is -0.290. The van der Waals surface area contributed by atoms with Crippen LogP contribution in [0.1, 0.15) is 18.5 Å². The number of ether oxygens (including phenoxy) is 2. The van der Waals surface area contributed by atoms with E-state index in [-0.39, 0.29) is 6.29 Å². The second-order valence-corrected chi connectivity index (χ2v) is 3.63. The van der Waals surface area contributed by atoms with Crippen molar-refractivity contribution in [2.75, 3.05) is 13.2 Å². The molecule has 3 nitrogen and oxygen atoms in total. The van der Waals surface area contributed by atoms with Gasteiger partial charge >= 0.3 is 0 Å². The van der Waals surface area contributed by atoms with E-state index in [1.807, 2.05) is 12.1 Å². The molecule has 4 heteroatoms. The summed E-state index contributed by atoms with van der Waals surface area (Å²) in [5, 5.41) is 0. The molecule has 1 aliphatic rings. The van der Waals surface area contributed by atoms with Crippen LogP contribution in [0, 0.1) is 3.77 Å². The lowest BCUT2D eigenvalue weighted by Gasteiger charge is -2.20. The van der Waals surface area contributed by atoms with Crippen LogP contribution in [0.25, 0.3) is 0 Å². The summed E-state index contributed by atoms with van der Waals surface area (Å²) in [6, 6.07) is 3.79. The minimum absolute atomic E-state index is 0.290. The Bertz CT molecular complexity index is 253. The van der Waals surface area contributed by atoms with Gasteiger partial charge < -0.3 is 13.9 Å². The summed E-state index contributed by atoms with van der Waals surface area (Å²) in [7, 11) is 0. The highest BCUT2D eigenvalue weighted by molar-refractivity contribution is 14.1. The van der Waals surface area contributed by atoms with Crippen LogP contribution in [0.2, 0.25) is 0 Å². The number of hydrogen-bond acceptors (Lipinski definition) is 3. The minimum Gasteiger partial charge on any atom is -0.450 e. The molecule has 2 rings (SSSR count). The van der Waals surface area contributed by atoms with Crippen LogP contribution < -0.4 is 0 Å². The molecular formula is C8H9IO3. The summed E-state index contributed by atoms with van der Waals surface area (Å²) >= 11 is 2.12. The summed E-state index contributed by atoms with van der Waals surface area (Å²) < 4.78 is 16.9. The van der Waals surface area contributed by atoms with Crippen molar-refractivity contribution >= 4 is 22.6 Å². The van der Waals surface area contributed by atoms with Gasteiger partial charge in [-0.25, -0.2) is 0 Å². The first-order valence-electron chi connectivity index (χ1n) is 3.85. The predicted octanol–water partition coefficient (Wildman–Crippen LogP) is 2.32. The molecular weight excluding hydrogens is 271 g/mol. The van der Waals surface area contributed by atoms with Gasteiger partial charge in [0.2, 0.25) is 6.29 Å². The molecule has 66 valence electrons. The SMILES string of the molecule is Ic1ccc(C2OCCCO2)o1. The molecule has 1 aromatic heterocycles. The van der Waals surface area contributed by atoms with E-state index in [0.717, 1.165) is 29.2 Å². The fraction of sp³-hybridized carbons (Fsp3) is 0.500. The van der Waals surface area contributed by atoms with Crippen LogP contribution in [0.3, 0.4) is 0 Å². The summed E-state index contributed by atoms with van der Waals surface area (Å²) in [4.78, 5) is 0. The smallest absolute Gasteiger partial charge is 0.217 e. The Morgan fingerprint density at radius 1 is 1.25 bits per heavy atom. The van der Waals surface area contributed by atoms with Gasteiger partial charge in [0, 0.05) is 0 Å². The second kappa shape index (κ2) is 3.76. The molecule has 0 amide bonds. The Labute approximate surface area is 84.2 Å². The first kappa shape index (κ1) is 8.52. The second-order valence-electron chi connectivity index (χ2n) is 2.57. The third kappa shape index (κ3) is 1.81. The maximum atomic E-state index is 5.36. The average Bonchev–Trinajstić information content (AvgIpc) is 2.54. The summed E-state index contributed by atoms with van der Waals surface area (Å²) in [5.74, 6) is 0.763. The number of halogens is 1. The van der Waals surface area contributed by atoms with E-state index >= 15 is 0 Å². The Hall–Kier alpha value is -0.0700. The van der Waals surface area contributed by atoms with Crippen LogP contribution >= 0.6 is 22.6 Å². The lowest BCUT2D eigenvalue weighted by molar-refractivity contribution is -0.191. The van der Waals surface area contributed by atoms with Crippen LogP contribution in [0.5, 0.6) is 0 Å². The van der Waals surface area contributed by atoms with Gasteiger partial charge in [0.25, 0.3) is 0 Å². The summed E-state index contributed by atoms with van der Waals surface area (Å²) in [6.07, 6.45) is 0.677. The van der Waals surface area contributed by atoms with E-state index in [1.54, 1.807) is 0 Å². The van der Waals surface area contributed by atoms with Crippen molar-refractivity contribution in [2.45, 2.75) is 12.7 Å². The Morgan fingerprint density at radius 3 is 2.58 bits per heavy atom. The third-order valence-electron chi connectivity index (χ3n) is 1.65. The fourth-order valence-corrected chi connectivity index (χ4v) is 1.54. The highest BCUT2D eigenvalue weighted by atomic mass is 127. The topological polar surface area (TPSA) is 31.6 Å². The number of hydrogen-bond donors (Lipinski definition) is 0. The van der Waals surface area contributed by atoms with Gasteiger partial charge in [-0.15, -0.1) is 0 Å². The molecule has 0 aliphatic carbocycles. The summed E-state index contributed by atoms with van der Waals surface area (Å²) in [5.41, 5.74) is 0. The molecule has 0 bridgehead atoms. The van der Waals surface area contributed by atoms with Crippen LogP contribution in [0.4, 0.5) is 0 Å². The molecule has 2 heterocycles. The van der Waals surface area contributed by atoms with E-state index in [4.69, 9.17) is 13.9 Å². The summed E-state index contributed by atoms with van der Waals surface area (Å²) in [6.45, 7) is 1.50. The molecule has 0 atom stereocenters. The Balaban J connectivity index is 2.08. The standard InChI is InChI=1S/C8H9IO3/c9-7-3-2-6(12-7)8-10-4-1-5-11-8/h2-3,8H,1,4-5H2. The van der Waals surface area contributed by atoms with Crippen molar-refractivity contribution in [3.05, 3.63) is 21.7 Å². The Kier molecular flexibility index (Phi) is 2.67. The third-order valence-corrected chi connectivity index (χ3v) is 2.23. The molecule has 0 unspecified atom stereocenters. The average molecular weight is 280 g/mol. The molecule has 1 saturated heterocycles. The monoisotopic (exact) mass is 280 g/mol. The van der Waals surface area contributed by atoms with Gasteiger partial charge in [-0.05, 0) is 41.1 Å². The zero-order valence-corrected chi connectivity index (χ0v) is 8.61. The van der Waals surface area contributed by atoms with Crippen molar-refractivity contribution in [2.24, 2.45) is 0 Å². The van der Waals surface area contributed by atoms with Crippen LogP contribution in [-0.2, 0) is 9.47 Å². The maximum Gasteiger partial charge on any atom is 0.217 e. The first-order chi connectivity index (χ1) is 5.86. The molecule has 0 spiro atoms. The molecule has 0 radical (unpaired) electrons. The van der Waals surface area contributed by atoms with Crippen LogP contribution in [0.15, 0.2) is 16.5 Å². The molecule has 12 heavy (non-hydrogen) atoms. The van der Waals surface area contributed by atoms with Gasteiger partial charge in [-0.2, -0.15) is 0 Å². The van der Waals surface area contributed by atoms with E-state index < -0.39 is 0 Å². The highest BCUT2D eigenvalue weighted by Crippen LogP contribution is 2.24. The van der Waals surface area contributed by atoms with E-state index in [1.165, 1.54) is 0 Å². The van der Waals surface area contributed by atoms with Crippen molar-refractivity contribution in [1.29, 1.82) is 0 Å². The number of furan rings is 1. The molecule has 1 fully saturated rings. The van der Waals surface area contributed by atoms with Gasteiger partial charge in [-0.3, -0.25) is 0 Å². The van der Waals surface area contributed by atoms with Gasteiger partial charge in [0.05, 0.1) is 13.2 Å². The van der Waals surface area contributed by atoms with Crippen molar-refractivity contribution in [1.82, 2.24) is 0 Å². The highest BCUT2D eigenvalue weighted by Gasteiger charge is 2.19. The molecule has 1 aromatic rings. The first-order valence-corrected chi connectivity index (χ1v) is 4.92. The molecule has 0 saturated carbocycles. The normalized spacial score (nSPS) is 19.8. The fourth-order valence-electron chi connectivity index (χ4n) is 1.11. The van der Waals surface area contributed by atoms with Gasteiger partial charge in [-0.1, -0.05) is 0 Å². The zero-order valence-electron chi connectivity index (χ0n) is 6.46. The van der Waals surface area contributed by atoms with Crippen molar-refractivity contribution in [3.8, 4) is 0 Å². The lowest BCUT2D eigenvalue weighted by Crippen LogP contribution is -2.17. The van der Waals surface area contributed by atoms with Gasteiger partial charge in [0.1, 0.15) is 0 Å². The Morgan fingerprint density at radius 2 is 2.00 bits per heavy atom. The van der Waals surface area contributed by atoms with Crippen molar-refractivity contribution < 1.29 is 13.9 Å². The zero-order chi connectivity index (χ0) is 8.39. The van der Waals surface area contributed by atoms with E-state index in [2.05, 4.69) is 22.6 Å². The van der Waals surface area contributed by atoms with Gasteiger partial charge in [0.15, 0.2) is 9.53 Å². The number of rotatable bonds is 1. The molecule has 0 aromatic carbocycles. The van der Waals surface area contributed by atoms with Crippen LogP contribution in [-0.4, -0.2) is 13.2 Å². The van der Waals surface area contributed by atoms with Crippen molar-refractivity contribution in [3.63, 3.8) is 0 Å². The lowest BCUT2D eigenvalue weighted by atomic mass is 10.4. The molecule has 1 aliphatic heterocycles. The quantitative estimate of drug-likeness (QED) is 0.740. The predicted molar refractivity (Wildman–Crippen MR) is 50.7 cm³/mol.